The van der Waals surface area contributed by atoms with Crippen molar-refractivity contribution in [2.45, 2.75) is 19.8 Å². The third-order valence-corrected chi connectivity index (χ3v) is 3.26. The molecule has 1 heterocycles. The number of hydrogen-bond acceptors (Lipinski definition) is 5. The SMILES string of the molecule is CCCc1noc(-c2ccc(OC(=O)c3ccccc3)cc2)n1. The lowest BCUT2D eigenvalue weighted by atomic mass is 10.2. The lowest BCUT2D eigenvalue weighted by molar-refractivity contribution is 0.0735. The molecule has 0 unspecified atom stereocenters. The van der Waals surface area contributed by atoms with Crippen LogP contribution in [0.2, 0.25) is 0 Å². The maximum absolute atomic E-state index is 12.0. The number of aryl methyl sites for hydroxylation is 1. The smallest absolute Gasteiger partial charge is 0.343 e. The standard InChI is InChI=1S/C18H16N2O3/c1-2-6-16-19-17(23-20-16)13-9-11-15(12-10-13)22-18(21)14-7-4-3-5-8-14/h3-5,7-12H,2,6H2,1H3. The highest BCUT2D eigenvalue weighted by atomic mass is 16.5. The Kier molecular flexibility index (Phi) is 4.47. The highest BCUT2D eigenvalue weighted by Crippen LogP contribution is 2.21. The van der Waals surface area contributed by atoms with Gasteiger partial charge in [0.25, 0.3) is 5.89 Å². The number of hydrogen-bond donors (Lipinski definition) is 0. The van der Waals surface area contributed by atoms with Gasteiger partial charge in [-0.05, 0) is 42.8 Å². The lowest BCUT2D eigenvalue weighted by Gasteiger charge is -2.04. The fourth-order valence-electron chi connectivity index (χ4n) is 2.10. The molecule has 116 valence electrons. The van der Waals surface area contributed by atoms with Crippen molar-refractivity contribution in [3.63, 3.8) is 0 Å². The molecule has 3 rings (SSSR count). The Balaban J connectivity index is 1.70. The minimum absolute atomic E-state index is 0.388. The first-order valence-corrected chi connectivity index (χ1v) is 7.46. The van der Waals surface area contributed by atoms with Crippen LogP contribution in [0.1, 0.15) is 29.5 Å². The van der Waals surface area contributed by atoms with Gasteiger partial charge in [-0.1, -0.05) is 30.3 Å². The number of aromatic nitrogens is 2. The molecule has 2 aromatic carbocycles. The van der Waals surface area contributed by atoms with Crippen molar-refractivity contribution >= 4 is 5.97 Å². The van der Waals surface area contributed by atoms with E-state index in [0.29, 0.717) is 23.0 Å². The molecule has 3 aromatic rings. The molecule has 0 aliphatic rings. The molecule has 0 fully saturated rings. The molecule has 0 spiro atoms. The van der Waals surface area contributed by atoms with E-state index in [1.165, 1.54) is 0 Å². The Morgan fingerprint density at radius 2 is 1.83 bits per heavy atom. The zero-order chi connectivity index (χ0) is 16.1. The average Bonchev–Trinajstić information content (AvgIpc) is 3.05. The van der Waals surface area contributed by atoms with Gasteiger partial charge >= 0.3 is 5.97 Å². The fraction of sp³-hybridized carbons (Fsp3) is 0.167. The first-order valence-electron chi connectivity index (χ1n) is 7.46. The van der Waals surface area contributed by atoms with Gasteiger partial charge in [0.05, 0.1) is 5.56 Å². The monoisotopic (exact) mass is 308 g/mol. The fourth-order valence-corrected chi connectivity index (χ4v) is 2.10. The van der Waals surface area contributed by atoms with Crippen molar-refractivity contribution in [2.75, 3.05) is 0 Å². The van der Waals surface area contributed by atoms with Gasteiger partial charge in [-0.15, -0.1) is 0 Å². The summed E-state index contributed by atoms with van der Waals surface area (Å²) in [6.07, 6.45) is 1.75. The maximum Gasteiger partial charge on any atom is 0.343 e. The summed E-state index contributed by atoms with van der Waals surface area (Å²) in [5, 5.41) is 3.92. The molecular weight excluding hydrogens is 292 g/mol. The van der Waals surface area contributed by atoms with Crippen LogP contribution in [0.15, 0.2) is 59.1 Å². The second-order valence-corrected chi connectivity index (χ2v) is 5.05. The van der Waals surface area contributed by atoms with E-state index in [4.69, 9.17) is 9.26 Å². The van der Waals surface area contributed by atoms with Crippen LogP contribution >= 0.6 is 0 Å². The van der Waals surface area contributed by atoms with Crippen molar-refractivity contribution in [1.82, 2.24) is 10.1 Å². The van der Waals surface area contributed by atoms with Crippen LogP contribution in [0.3, 0.4) is 0 Å². The molecule has 5 nitrogen and oxygen atoms in total. The summed E-state index contributed by atoms with van der Waals surface area (Å²) in [5.41, 5.74) is 1.30. The van der Waals surface area contributed by atoms with Crippen molar-refractivity contribution in [2.24, 2.45) is 0 Å². The minimum atomic E-state index is -0.388. The second-order valence-electron chi connectivity index (χ2n) is 5.05. The molecule has 0 N–H and O–H groups in total. The van der Waals surface area contributed by atoms with E-state index in [1.54, 1.807) is 48.5 Å². The number of benzene rings is 2. The number of ether oxygens (including phenoxy) is 1. The largest absolute Gasteiger partial charge is 0.423 e. The highest BCUT2D eigenvalue weighted by Gasteiger charge is 2.10. The van der Waals surface area contributed by atoms with Crippen molar-refractivity contribution in [1.29, 1.82) is 0 Å². The van der Waals surface area contributed by atoms with Crippen LogP contribution in [0.25, 0.3) is 11.5 Å². The van der Waals surface area contributed by atoms with Crippen molar-refractivity contribution in [3.05, 3.63) is 66.0 Å². The zero-order valence-electron chi connectivity index (χ0n) is 12.7. The molecule has 0 amide bonds. The van der Waals surface area contributed by atoms with Crippen LogP contribution in [-0.2, 0) is 6.42 Å². The first kappa shape index (κ1) is 15.0. The highest BCUT2D eigenvalue weighted by molar-refractivity contribution is 5.91. The van der Waals surface area contributed by atoms with Gasteiger partial charge in [0, 0.05) is 12.0 Å². The normalized spacial score (nSPS) is 10.5. The van der Waals surface area contributed by atoms with E-state index in [0.717, 1.165) is 18.4 Å². The molecule has 0 radical (unpaired) electrons. The number of esters is 1. The molecule has 0 aliphatic carbocycles. The summed E-state index contributed by atoms with van der Waals surface area (Å²) in [6.45, 7) is 2.06. The summed E-state index contributed by atoms with van der Waals surface area (Å²) in [7, 11) is 0. The van der Waals surface area contributed by atoms with E-state index in [-0.39, 0.29) is 5.97 Å². The predicted molar refractivity (Wildman–Crippen MR) is 85.1 cm³/mol. The Bertz CT molecular complexity index is 780. The van der Waals surface area contributed by atoms with Crippen molar-refractivity contribution < 1.29 is 14.1 Å². The lowest BCUT2D eigenvalue weighted by Crippen LogP contribution is -2.07. The summed E-state index contributed by atoms with van der Waals surface area (Å²) < 4.78 is 10.6. The maximum atomic E-state index is 12.0. The molecule has 5 heteroatoms. The van der Waals surface area contributed by atoms with Crippen LogP contribution in [-0.4, -0.2) is 16.1 Å². The molecule has 0 atom stereocenters. The number of rotatable bonds is 5. The van der Waals surface area contributed by atoms with Crippen LogP contribution in [0.5, 0.6) is 5.75 Å². The van der Waals surface area contributed by atoms with Gasteiger partial charge in [0.2, 0.25) is 0 Å². The van der Waals surface area contributed by atoms with Crippen LogP contribution < -0.4 is 4.74 Å². The summed E-state index contributed by atoms with van der Waals surface area (Å²) in [6, 6.07) is 15.9. The quantitative estimate of drug-likeness (QED) is 0.528. The second kappa shape index (κ2) is 6.87. The summed E-state index contributed by atoms with van der Waals surface area (Å²) in [5.74, 6) is 1.24. The topological polar surface area (TPSA) is 65.2 Å². The Morgan fingerprint density at radius 3 is 2.52 bits per heavy atom. The van der Waals surface area contributed by atoms with Gasteiger partial charge in [-0.3, -0.25) is 0 Å². The number of carbonyl (C=O) groups excluding carboxylic acids is 1. The Hall–Kier alpha value is -2.95. The Morgan fingerprint density at radius 1 is 1.09 bits per heavy atom. The number of nitrogens with zero attached hydrogens (tertiary/aromatic N) is 2. The molecule has 23 heavy (non-hydrogen) atoms. The predicted octanol–water partition coefficient (Wildman–Crippen LogP) is 3.91. The number of carbonyl (C=O) groups is 1. The molecule has 0 aliphatic heterocycles. The van der Waals surface area contributed by atoms with Gasteiger partial charge in [0.1, 0.15) is 5.75 Å². The van der Waals surface area contributed by atoms with E-state index >= 15 is 0 Å². The van der Waals surface area contributed by atoms with Crippen molar-refractivity contribution in [3.8, 4) is 17.2 Å². The van der Waals surface area contributed by atoms with Gasteiger partial charge in [-0.2, -0.15) is 4.98 Å². The van der Waals surface area contributed by atoms with Gasteiger partial charge in [-0.25, -0.2) is 4.79 Å². The van der Waals surface area contributed by atoms with Gasteiger partial charge in [0.15, 0.2) is 5.82 Å². The van der Waals surface area contributed by atoms with E-state index in [1.807, 2.05) is 6.07 Å². The van der Waals surface area contributed by atoms with E-state index < -0.39 is 0 Å². The van der Waals surface area contributed by atoms with E-state index in [2.05, 4.69) is 17.1 Å². The third kappa shape index (κ3) is 3.63. The molecule has 1 aromatic heterocycles. The van der Waals surface area contributed by atoms with Gasteiger partial charge < -0.3 is 9.26 Å². The molecule has 0 bridgehead atoms. The first-order chi connectivity index (χ1) is 11.3. The molecular formula is C18H16N2O3. The molecule has 0 saturated heterocycles. The van der Waals surface area contributed by atoms with Crippen LogP contribution in [0, 0.1) is 0 Å². The Labute approximate surface area is 133 Å². The molecule has 0 saturated carbocycles. The van der Waals surface area contributed by atoms with Crippen LogP contribution in [0.4, 0.5) is 0 Å². The van der Waals surface area contributed by atoms with E-state index in [9.17, 15) is 4.79 Å². The minimum Gasteiger partial charge on any atom is -0.423 e. The zero-order valence-corrected chi connectivity index (χ0v) is 12.7. The summed E-state index contributed by atoms with van der Waals surface area (Å²) >= 11 is 0. The third-order valence-electron chi connectivity index (χ3n) is 3.26. The summed E-state index contributed by atoms with van der Waals surface area (Å²) in [4.78, 5) is 16.3. The average molecular weight is 308 g/mol.